The van der Waals surface area contributed by atoms with Crippen LogP contribution in [0.5, 0.6) is 0 Å². The molecule has 0 bridgehead atoms. The van der Waals surface area contributed by atoms with Crippen molar-refractivity contribution >= 4 is 11.6 Å². The van der Waals surface area contributed by atoms with E-state index >= 15 is 0 Å². The Hall–Kier alpha value is -2.05. The molecule has 108 valence electrons. The van der Waals surface area contributed by atoms with E-state index in [0.29, 0.717) is 6.54 Å². The van der Waals surface area contributed by atoms with Crippen LogP contribution in [0.4, 0.5) is 14.5 Å². The SMILES string of the molecule is CC1CCCCN1C(=O)c1c(F)ccc([N+](=O)[O-])c1F. The van der Waals surface area contributed by atoms with Crippen LogP contribution in [0.3, 0.4) is 0 Å². The molecule has 1 aromatic carbocycles. The molecule has 7 heteroatoms. The highest BCUT2D eigenvalue weighted by molar-refractivity contribution is 5.95. The number of nitrogens with zero attached hydrogens (tertiary/aromatic N) is 2. The van der Waals surface area contributed by atoms with Gasteiger partial charge in [0.05, 0.1) is 4.92 Å². The van der Waals surface area contributed by atoms with E-state index in [1.807, 2.05) is 0 Å². The minimum atomic E-state index is -1.40. The number of carbonyl (C=O) groups is 1. The summed E-state index contributed by atoms with van der Waals surface area (Å²) in [5.41, 5.74) is -1.73. The lowest BCUT2D eigenvalue weighted by molar-refractivity contribution is -0.387. The first kappa shape index (κ1) is 14.4. The van der Waals surface area contributed by atoms with Crippen molar-refractivity contribution in [2.24, 2.45) is 0 Å². The summed E-state index contributed by atoms with van der Waals surface area (Å²) < 4.78 is 27.7. The van der Waals surface area contributed by atoms with Gasteiger partial charge in [-0.05, 0) is 32.3 Å². The van der Waals surface area contributed by atoms with Gasteiger partial charge in [-0.1, -0.05) is 0 Å². The Morgan fingerprint density at radius 3 is 2.70 bits per heavy atom. The predicted molar refractivity (Wildman–Crippen MR) is 67.4 cm³/mol. The van der Waals surface area contributed by atoms with E-state index in [1.165, 1.54) is 4.90 Å². The average molecular weight is 284 g/mol. The van der Waals surface area contributed by atoms with Crippen molar-refractivity contribution in [2.45, 2.75) is 32.2 Å². The standard InChI is InChI=1S/C13H14F2N2O3/c1-8-4-2-3-7-16(8)13(18)11-9(14)5-6-10(12(11)15)17(19)20/h5-6,8H,2-4,7H2,1H3. The Morgan fingerprint density at radius 1 is 1.40 bits per heavy atom. The second-order valence-electron chi connectivity index (χ2n) is 4.86. The molecule has 1 amide bonds. The molecule has 1 unspecified atom stereocenters. The maximum absolute atomic E-state index is 14.0. The Morgan fingerprint density at radius 2 is 2.10 bits per heavy atom. The zero-order chi connectivity index (χ0) is 14.9. The van der Waals surface area contributed by atoms with Gasteiger partial charge in [-0.25, -0.2) is 4.39 Å². The van der Waals surface area contributed by atoms with Crippen LogP contribution in [0.15, 0.2) is 12.1 Å². The van der Waals surface area contributed by atoms with Crippen molar-refractivity contribution in [2.75, 3.05) is 6.54 Å². The molecule has 1 saturated heterocycles. The molecular formula is C13H14F2N2O3. The van der Waals surface area contributed by atoms with Gasteiger partial charge < -0.3 is 4.90 Å². The number of hydrogen-bond donors (Lipinski definition) is 0. The Balaban J connectivity index is 2.43. The lowest BCUT2D eigenvalue weighted by Crippen LogP contribution is -2.42. The minimum Gasteiger partial charge on any atom is -0.336 e. The number of likely N-dealkylation sites (tertiary alicyclic amines) is 1. The molecule has 1 aromatic rings. The van der Waals surface area contributed by atoms with E-state index < -0.39 is 33.7 Å². The summed E-state index contributed by atoms with van der Waals surface area (Å²) in [6.45, 7) is 2.20. The molecule has 1 atom stereocenters. The summed E-state index contributed by atoms with van der Waals surface area (Å²) >= 11 is 0. The van der Waals surface area contributed by atoms with Gasteiger partial charge in [0.2, 0.25) is 5.82 Å². The minimum absolute atomic E-state index is 0.130. The van der Waals surface area contributed by atoms with E-state index in [0.717, 1.165) is 31.4 Å². The van der Waals surface area contributed by atoms with Gasteiger partial charge in [-0.15, -0.1) is 0 Å². The quantitative estimate of drug-likeness (QED) is 0.619. The number of carbonyl (C=O) groups excluding carboxylic acids is 1. The van der Waals surface area contributed by atoms with Crippen molar-refractivity contribution in [3.8, 4) is 0 Å². The third kappa shape index (κ3) is 2.48. The zero-order valence-electron chi connectivity index (χ0n) is 10.9. The Labute approximate surface area is 114 Å². The molecule has 0 aromatic heterocycles. The molecule has 5 nitrogen and oxygen atoms in total. The van der Waals surface area contributed by atoms with E-state index in [-0.39, 0.29) is 6.04 Å². The van der Waals surface area contributed by atoms with Crippen LogP contribution < -0.4 is 0 Å². The molecule has 1 heterocycles. The van der Waals surface area contributed by atoms with Crippen LogP contribution in [0.2, 0.25) is 0 Å². The normalized spacial score (nSPS) is 18.9. The fraction of sp³-hybridized carbons (Fsp3) is 0.462. The molecule has 1 fully saturated rings. The molecular weight excluding hydrogens is 270 g/mol. The maximum Gasteiger partial charge on any atom is 0.305 e. The van der Waals surface area contributed by atoms with Gasteiger partial charge in [-0.3, -0.25) is 14.9 Å². The number of halogens is 2. The number of amides is 1. The van der Waals surface area contributed by atoms with Gasteiger partial charge in [0.1, 0.15) is 11.4 Å². The van der Waals surface area contributed by atoms with Gasteiger partial charge in [0, 0.05) is 18.7 Å². The maximum atomic E-state index is 14.0. The summed E-state index contributed by atoms with van der Waals surface area (Å²) in [6, 6.07) is 1.35. The number of rotatable bonds is 2. The fourth-order valence-electron chi connectivity index (χ4n) is 2.42. The number of nitro groups is 1. The van der Waals surface area contributed by atoms with Crippen LogP contribution in [0.1, 0.15) is 36.5 Å². The molecule has 2 rings (SSSR count). The van der Waals surface area contributed by atoms with Crippen LogP contribution >= 0.6 is 0 Å². The van der Waals surface area contributed by atoms with E-state index in [4.69, 9.17) is 0 Å². The summed E-state index contributed by atoms with van der Waals surface area (Å²) in [6.07, 6.45) is 2.46. The predicted octanol–water partition coefficient (Wildman–Crippen LogP) is 2.89. The number of benzene rings is 1. The Kier molecular flexibility index (Phi) is 3.96. The molecule has 1 aliphatic rings. The van der Waals surface area contributed by atoms with E-state index in [2.05, 4.69) is 0 Å². The van der Waals surface area contributed by atoms with Crippen LogP contribution in [0, 0.1) is 21.7 Å². The number of piperidine rings is 1. The van der Waals surface area contributed by atoms with Crippen molar-refractivity contribution in [3.63, 3.8) is 0 Å². The third-order valence-electron chi connectivity index (χ3n) is 3.55. The second kappa shape index (κ2) is 5.52. The first-order chi connectivity index (χ1) is 9.43. The van der Waals surface area contributed by atoms with Crippen LogP contribution in [-0.2, 0) is 0 Å². The highest BCUT2D eigenvalue weighted by Crippen LogP contribution is 2.26. The van der Waals surface area contributed by atoms with Crippen LogP contribution in [-0.4, -0.2) is 28.3 Å². The first-order valence-corrected chi connectivity index (χ1v) is 6.37. The Bertz CT molecular complexity index is 563. The van der Waals surface area contributed by atoms with Crippen molar-refractivity contribution in [1.82, 2.24) is 4.90 Å². The number of hydrogen-bond acceptors (Lipinski definition) is 3. The summed E-state index contributed by atoms with van der Waals surface area (Å²) in [7, 11) is 0. The van der Waals surface area contributed by atoms with Gasteiger partial charge in [0.25, 0.3) is 5.91 Å². The zero-order valence-corrected chi connectivity index (χ0v) is 10.9. The monoisotopic (exact) mass is 284 g/mol. The van der Waals surface area contributed by atoms with Gasteiger partial charge in [-0.2, -0.15) is 4.39 Å². The first-order valence-electron chi connectivity index (χ1n) is 6.37. The topological polar surface area (TPSA) is 63.5 Å². The molecule has 20 heavy (non-hydrogen) atoms. The molecule has 0 N–H and O–H groups in total. The summed E-state index contributed by atoms with van der Waals surface area (Å²) in [5, 5.41) is 10.7. The van der Waals surface area contributed by atoms with Crippen molar-refractivity contribution < 1.29 is 18.5 Å². The summed E-state index contributed by atoms with van der Waals surface area (Å²) in [4.78, 5) is 23.3. The van der Waals surface area contributed by atoms with Crippen LogP contribution in [0.25, 0.3) is 0 Å². The second-order valence-corrected chi connectivity index (χ2v) is 4.86. The molecule has 0 spiro atoms. The molecule has 1 aliphatic heterocycles. The molecule has 0 aliphatic carbocycles. The fourth-order valence-corrected chi connectivity index (χ4v) is 2.42. The molecule has 0 radical (unpaired) electrons. The average Bonchev–Trinajstić information content (AvgIpc) is 2.38. The lowest BCUT2D eigenvalue weighted by Gasteiger charge is -2.33. The number of nitro benzene ring substituents is 1. The van der Waals surface area contributed by atoms with Crippen molar-refractivity contribution in [1.29, 1.82) is 0 Å². The largest absolute Gasteiger partial charge is 0.336 e. The lowest BCUT2D eigenvalue weighted by atomic mass is 10.0. The van der Waals surface area contributed by atoms with Gasteiger partial charge >= 0.3 is 5.69 Å². The van der Waals surface area contributed by atoms with E-state index in [9.17, 15) is 23.7 Å². The third-order valence-corrected chi connectivity index (χ3v) is 3.55. The van der Waals surface area contributed by atoms with Gasteiger partial charge in [0.15, 0.2) is 0 Å². The molecule has 0 saturated carbocycles. The van der Waals surface area contributed by atoms with E-state index in [1.54, 1.807) is 6.92 Å². The highest BCUT2D eigenvalue weighted by Gasteiger charge is 2.32. The van der Waals surface area contributed by atoms with Crippen molar-refractivity contribution in [3.05, 3.63) is 39.4 Å². The summed E-state index contributed by atoms with van der Waals surface area (Å²) in [5.74, 6) is -3.30. The highest BCUT2D eigenvalue weighted by atomic mass is 19.1. The smallest absolute Gasteiger partial charge is 0.305 e.